The molecule has 8 heteroatoms. The van der Waals surface area contributed by atoms with Gasteiger partial charge in [0, 0.05) is 12.2 Å². The summed E-state index contributed by atoms with van der Waals surface area (Å²) in [5.41, 5.74) is 0.199. The van der Waals surface area contributed by atoms with E-state index in [0.29, 0.717) is 5.52 Å². The number of halogens is 3. The van der Waals surface area contributed by atoms with E-state index in [2.05, 4.69) is 10.3 Å². The monoisotopic (exact) mass is 299 g/mol. The largest absolute Gasteiger partial charge is 0.391 e. The Labute approximate surface area is 117 Å². The second-order valence-corrected chi connectivity index (χ2v) is 4.65. The summed E-state index contributed by atoms with van der Waals surface area (Å²) in [6.07, 6.45) is -3.92. The molecule has 5 nitrogen and oxygen atoms in total. The lowest BCUT2D eigenvalue weighted by molar-refractivity contribution is -0.382. The van der Waals surface area contributed by atoms with Gasteiger partial charge in [0.15, 0.2) is 0 Å². The van der Waals surface area contributed by atoms with Gasteiger partial charge in [-0.1, -0.05) is 0 Å². The Morgan fingerprint density at radius 3 is 2.71 bits per heavy atom. The second kappa shape index (κ2) is 5.55. The molecule has 21 heavy (non-hydrogen) atoms. The molecule has 0 saturated heterocycles. The van der Waals surface area contributed by atoms with Crippen LogP contribution in [0.15, 0.2) is 30.5 Å². The molecule has 0 bridgehead atoms. The van der Waals surface area contributed by atoms with Crippen LogP contribution in [0.5, 0.6) is 0 Å². The van der Waals surface area contributed by atoms with E-state index in [1.807, 2.05) is 0 Å². The van der Waals surface area contributed by atoms with E-state index in [1.165, 1.54) is 37.4 Å². The number of hydrogen-bond donors (Lipinski definition) is 1. The molecule has 0 saturated carbocycles. The van der Waals surface area contributed by atoms with Crippen molar-refractivity contribution in [3.8, 4) is 0 Å². The topological polar surface area (TPSA) is 68.1 Å². The molecule has 1 aromatic heterocycles. The predicted octanol–water partition coefficient (Wildman–Crippen LogP) is 3.90. The standard InChI is InChI=1S/C13H12F3N3O2/c1-8(7-13(14,15)16)18-11-5-4-10-9(3-2-6-17-10)12(11)19(20)21/h2-6,8,18H,7H2,1H3. The summed E-state index contributed by atoms with van der Waals surface area (Å²) in [5.74, 6) is 0. The van der Waals surface area contributed by atoms with Crippen LogP contribution < -0.4 is 5.32 Å². The first-order valence-electron chi connectivity index (χ1n) is 6.13. The van der Waals surface area contributed by atoms with E-state index in [1.54, 1.807) is 0 Å². The number of hydrogen-bond acceptors (Lipinski definition) is 4. The highest BCUT2D eigenvalue weighted by molar-refractivity contribution is 5.94. The first-order chi connectivity index (χ1) is 9.78. The number of rotatable bonds is 4. The molecule has 1 unspecified atom stereocenters. The average molecular weight is 299 g/mol. The van der Waals surface area contributed by atoms with Gasteiger partial charge in [-0.2, -0.15) is 13.2 Å². The van der Waals surface area contributed by atoms with E-state index < -0.39 is 23.6 Å². The molecule has 112 valence electrons. The van der Waals surface area contributed by atoms with Gasteiger partial charge in [-0.05, 0) is 31.2 Å². The van der Waals surface area contributed by atoms with Crippen molar-refractivity contribution in [3.05, 3.63) is 40.6 Å². The van der Waals surface area contributed by atoms with Crippen molar-refractivity contribution >= 4 is 22.3 Å². The molecule has 1 heterocycles. The van der Waals surface area contributed by atoms with Crippen LogP contribution in [-0.2, 0) is 0 Å². The minimum atomic E-state index is -4.33. The molecule has 0 aliphatic heterocycles. The van der Waals surface area contributed by atoms with Gasteiger partial charge in [0.2, 0.25) is 0 Å². The van der Waals surface area contributed by atoms with Crippen molar-refractivity contribution in [2.24, 2.45) is 0 Å². The zero-order chi connectivity index (χ0) is 15.6. The number of benzene rings is 1. The van der Waals surface area contributed by atoms with Gasteiger partial charge >= 0.3 is 11.9 Å². The van der Waals surface area contributed by atoms with Crippen LogP contribution in [0, 0.1) is 10.1 Å². The van der Waals surface area contributed by atoms with Crippen LogP contribution in [0.1, 0.15) is 13.3 Å². The Bertz CT molecular complexity index is 673. The Balaban J connectivity index is 2.40. The van der Waals surface area contributed by atoms with Gasteiger partial charge < -0.3 is 5.32 Å². The van der Waals surface area contributed by atoms with Crippen LogP contribution in [0.3, 0.4) is 0 Å². The van der Waals surface area contributed by atoms with Crippen molar-refractivity contribution < 1.29 is 18.1 Å². The number of pyridine rings is 1. The van der Waals surface area contributed by atoms with E-state index in [-0.39, 0.29) is 16.8 Å². The highest BCUT2D eigenvalue weighted by atomic mass is 19.4. The number of fused-ring (bicyclic) bond motifs is 1. The number of nitrogens with one attached hydrogen (secondary N) is 1. The number of nitrogens with zero attached hydrogens (tertiary/aromatic N) is 2. The van der Waals surface area contributed by atoms with Crippen molar-refractivity contribution in [1.29, 1.82) is 0 Å². The van der Waals surface area contributed by atoms with Crippen molar-refractivity contribution in [3.63, 3.8) is 0 Å². The van der Waals surface area contributed by atoms with Crippen molar-refractivity contribution in [2.45, 2.75) is 25.6 Å². The first kappa shape index (κ1) is 15.0. The molecule has 0 spiro atoms. The maximum absolute atomic E-state index is 12.3. The summed E-state index contributed by atoms with van der Waals surface area (Å²) in [4.78, 5) is 14.6. The van der Waals surface area contributed by atoms with Gasteiger partial charge in [0.1, 0.15) is 5.69 Å². The quantitative estimate of drug-likeness (QED) is 0.687. The number of nitro benzene ring substituents is 1. The van der Waals surface area contributed by atoms with E-state index in [4.69, 9.17) is 0 Å². The fourth-order valence-corrected chi connectivity index (χ4v) is 2.11. The molecule has 2 rings (SSSR count). The fraction of sp³-hybridized carbons (Fsp3) is 0.308. The summed E-state index contributed by atoms with van der Waals surface area (Å²) < 4.78 is 37.0. The van der Waals surface area contributed by atoms with E-state index >= 15 is 0 Å². The summed E-state index contributed by atoms with van der Waals surface area (Å²) in [6, 6.07) is 4.99. The van der Waals surface area contributed by atoms with Gasteiger partial charge in [-0.3, -0.25) is 15.1 Å². The third-order valence-corrected chi connectivity index (χ3v) is 2.88. The number of nitro groups is 1. The molecule has 1 N–H and O–H groups in total. The lowest BCUT2D eigenvalue weighted by Gasteiger charge is -2.17. The van der Waals surface area contributed by atoms with Crippen LogP contribution in [0.2, 0.25) is 0 Å². The maximum atomic E-state index is 12.3. The predicted molar refractivity (Wildman–Crippen MR) is 72.2 cm³/mol. The molecule has 0 aliphatic rings. The minimum Gasteiger partial charge on any atom is -0.377 e. The highest BCUT2D eigenvalue weighted by Gasteiger charge is 2.31. The maximum Gasteiger partial charge on any atom is 0.391 e. The molecule has 1 atom stereocenters. The SMILES string of the molecule is CC(CC(F)(F)F)Nc1ccc2ncccc2c1[N+](=O)[O-]. The number of anilines is 1. The van der Waals surface area contributed by atoms with Crippen LogP contribution in [0.25, 0.3) is 10.9 Å². The van der Waals surface area contributed by atoms with Gasteiger partial charge in [-0.15, -0.1) is 0 Å². The molecule has 0 radical (unpaired) electrons. The van der Waals surface area contributed by atoms with Gasteiger partial charge in [0.05, 0.1) is 22.2 Å². The Hall–Kier alpha value is -2.38. The van der Waals surface area contributed by atoms with E-state index in [9.17, 15) is 23.3 Å². The molecule has 1 aromatic carbocycles. The molecule has 0 aliphatic carbocycles. The summed E-state index contributed by atoms with van der Waals surface area (Å²) in [5, 5.41) is 14.1. The Morgan fingerprint density at radius 2 is 2.10 bits per heavy atom. The number of aromatic nitrogens is 1. The van der Waals surface area contributed by atoms with Crippen LogP contribution in [-0.4, -0.2) is 22.1 Å². The van der Waals surface area contributed by atoms with Crippen LogP contribution >= 0.6 is 0 Å². The number of alkyl halides is 3. The Morgan fingerprint density at radius 1 is 1.38 bits per heavy atom. The fourth-order valence-electron chi connectivity index (χ4n) is 2.11. The zero-order valence-electron chi connectivity index (χ0n) is 11.0. The summed E-state index contributed by atoms with van der Waals surface area (Å²) in [7, 11) is 0. The lowest BCUT2D eigenvalue weighted by atomic mass is 10.1. The van der Waals surface area contributed by atoms with Gasteiger partial charge in [-0.25, -0.2) is 0 Å². The van der Waals surface area contributed by atoms with Gasteiger partial charge in [0.25, 0.3) is 0 Å². The van der Waals surface area contributed by atoms with Crippen LogP contribution in [0.4, 0.5) is 24.5 Å². The third kappa shape index (κ3) is 3.59. The summed E-state index contributed by atoms with van der Waals surface area (Å²) in [6.45, 7) is 1.32. The highest BCUT2D eigenvalue weighted by Crippen LogP contribution is 2.33. The molecule has 0 fully saturated rings. The zero-order valence-corrected chi connectivity index (χ0v) is 11.0. The second-order valence-electron chi connectivity index (χ2n) is 4.65. The summed E-state index contributed by atoms with van der Waals surface area (Å²) >= 11 is 0. The normalized spacial score (nSPS) is 13.1. The lowest BCUT2D eigenvalue weighted by Crippen LogP contribution is -2.24. The average Bonchev–Trinajstić information content (AvgIpc) is 2.35. The molecule has 0 amide bonds. The minimum absolute atomic E-state index is 0.0530. The molecule has 2 aromatic rings. The molecular formula is C13H12F3N3O2. The third-order valence-electron chi connectivity index (χ3n) is 2.88. The van der Waals surface area contributed by atoms with E-state index in [0.717, 1.165) is 0 Å². The van der Waals surface area contributed by atoms with Crippen molar-refractivity contribution in [1.82, 2.24) is 4.98 Å². The molecular weight excluding hydrogens is 287 g/mol. The first-order valence-corrected chi connectivity index (χ1v) is 6.13. The van der Waals surface area contributed by atoms with Crippen molar-refractivity contribution in [2.75, 3.05) is 5.32 Å². The Kier molecular flexibility index (Phi) is 3.97. The smallest absolute Gasteiger partial charge is 0.377 e.